The van der Waals surface area contributed by atoms with Crippen molar-refractivity contribution >= 4 is 0 Å². The van der Waals surface area contributed by atoms with Gasteiger partial charge in [0.1, 0.15) is 6.17 Å². The zero-order valence-electron chi connectivity index (χ0n) is 23.7. The highest BCUT2D eigenvalue weighted by atomic mass is 19.1. The van der Waals surface area contributed by atoms with Crippen LogP contribution in [-0.2, 0) is 0 Å². The van der Waals surface area contributed by atoms with Gasteiger partial charge in [-0.25, -0.2) is 8.78 Å². The summed E-state index contributed by atoms with van der Waals surface area (Å²) < 4.78 is 23.2. The van der Waals surface area contributed by atoms with Gasteiger partial charge in [-0.05, 0) is 64.2 Å². The molecule has 0 amide bonds. The van der Waals surface area contributed by atoms with E-state index in [1.807, 2.05) is 54.5 Å². The van der Waals surface area contributed by atoms with Gasteiger partial charge in [-0.1, -0.05) is 71.3 Å². The van der Waals surface area contributed by atoms with E-state index in [9.17, 15) is 13.9 Å². The lowest BCUT2D eigenvalue weighted by Crippen LogP contribution is -2.46. The Morgan fingerprint density at radius 2 is 1.80 bits per heavy atom. The molecule has 2 aliphatic rings. The second-order valence-corrected chi connectivity index (χ2v) is 7.83. The van der Waals surface area contributed by atoms with Crippen LogP contribution in [0.1, 0.15) is 88.0 Å². The highest BCUT2D eigenvalue weighted by Gasteiger charge is 2.45. The minimum atomic E-state index is -1.16. The molecule has 1 fully saturated rings. The average Bonchev–Trinajstić information content (AvgIpc) is 3.64. The van der Waals surface area contributed by atoms with Crippen molar-refractivity contribution in [1.82, 2.24) is 5.32 Å². The Bertz CT molecular complexity index is 719. The summed E-state index contributed by atoms with van der Waals surface area (Å²) in [4.78, 5) is 0. The van der Waals surface area contributed by atoms with E-state index in [1.54, 1.807) is 0 Å². The summed E-state index contributed by atoms with van der Waals surface area (Å²) in [5.74, 6) is 2.24. The smallest absolute Gasteiger partial charge is 0.118 e. The number of allylic oxidation sites excluding steroid dienone is 6. The summed E-state index contributed by atoms with van der Waals surface area (Å²) in [5.41, 5.74) is 9.08. The fourth-order valence-corrected chi connectivity index (χ4v) is 3.09. The Kier molecular flexibility index (Phi) is 24.1. The first-order chi connectivity index (χ1) is 16.6. The minimum Gasteiger partial charge on any atom is -0.390 e. The Hall–Kier alpha value is -2.00. The van der Waals surface area contributed by atoms with Crippen LogP contribution in [0.4, 0.5) is 8.78 Å². The fourth-order valence-electron chi connectivity index (χ4n) is 3.09. The van der Waals surface area contributed by atoms with Crippen molar-refractivity contribution in [2.45, 2.75) is 112 Å². The molecule has 0 saturated heterocycles. The average molecular weight is 495 g/mol. The zero-order valence-corrected chi connectivity index (χ0v) is 23.7. The quantitative estimate of drug-likeness (QED) is 0.242. The molecule has 35 heavy (non-hydrogen) atoms. The number of rotatable bonds is 8. The maximum atomic E-state index is 11.6. The number of hydrogen-bond acceptors (Lipinski definition) is 3. The number of terminal acetylenes is 1. The van der Waals surface area contributed by atoms with Gasteiger partial charge in [0.15, 0.2) is 0 Å². The molecule has 2 unspecified atom stereocenters. The molecule has 0 radical (unpaired) electrons. The fraction of sp³-hybridized carbons (Fsp3) is 0.600. The number of aliphatic hydroxyl groups excluding tert-OH is 1. The molecule has 5 heteroatoms. The Morgan fingerprint density at radius 1 is 1.26 bits per heavy atom. The van der Waals surface area contributed by atoms with Gasteiger partial charge in [-0.3, -0.25) is 0 Å². The molecular weight excluding hydrogens is 442 g/mol. The lowest BCUT2D eigenvalue weighted by Gasteiger charge is -2.24. The van der Waals surface area contributed by atoms with Crippen LogP contribution in [0.2, 0.25) is 0 Å². The summed E-state index contributed by atoms with van der Waals surface area (Å²) in [6, 6.07) is -0.276. The molecule has 0 heterocycles. The van der Waals surface area contributed by atoms with Crippen molar-refractivity contribution in [3.8, 4) is 12.3 Å². The van der Waals surface area contributed by atoms with Crippen molar-refractivity contribution < 1.29 is 13.9 Å². The number of nitrogens with one attached hydrogen (secondary N) is 1. The summed E-state index contributed by atoms with van der Waals surface area (Å²) in [6.07, 6.45) is 16.7. The van der Waals surface area contributed by atoms with E-state index in [0.29, 0.717) is 13.0 Å². The molecule has 202 valence electrons. The van der Waals surface area contributed by atoms with Crippen molar-refractivity contribution in [1.29, 1.82) is 0 Å². The molecule has 0 spiro atoms. The molecular formula is C30H52F2N2O. The maximum absolute atomic E-state index is 11.6. The van der Waals surface area contributed by atoms with Gasteiger partial charge in [0.25, 0.3) is 0 Å². The van der Waals surface area contributed by atoms with Crippen LogP contribution in [0, 0.1) is 12.3 Å². The highest BCUT2D eigenvalue weighted by Crippen LogP contribution is 2.43. The number of hydrogen-bond donors (Lipinski definition) is 3. The van der Waals surface area contributed by atoms with Crippen LogP contribution in [-0.4, -0.2) is 35.5 Å². The Morgan fingerprint density at radius 3 is 2.17 bits per heavy atom. The summed E-state index contributed by atoms with van der Waals surface area (Å²) in [6.45, 7) is 20.8. The van der Waals surface area contributed by atoms with E-state index in [4.69, 9.17) is 12.2 Å². The summed E-state index contributed by atoms with van der Waals surface area (Å²) in [7, 11) is 0. The van der Waals surface area contributed by atoms with Crippen molar-refractivity contribution in [2.24, 2.45) is 5.73 Å². The van der Waals surface area contributed by atoms with Crippen LogP contribution >= 0.6 is 0 Å². The molecule has 3 atom stereocenters. The van der Waals surface area contributed by atoms with Crippen molar-refractivity contribution in [3.63, 3.8) is 0 Å². The highest BCUT2D eigenvalue weighted by molar-refractivity contribution is 5.49. The topological polar surface area (TPSA) is 58.3 Å². The van der Waals surface area contributed by atoms with Crippen LogP contribution in [0.3, 0.4) is 0 Å². The maximum Gasteiger partial charge on any atom is 0.118 e. The molecule has 0 bridgehead atoms. The number of aliphatic hydroxyl groups is 1. The van der Waals surface area contributed by atoms with E-state index in [0.717, 1.165) is 36.5 Å². The number of halogens is 2. The molecule has 0 aromatic rings. The van der Waals surface area contributed by atoms with E-state index in [1.165, 1.54) is 19.4 Å². The second kappa shape index (κ2) is 22.5. The number of alkyl halides is 1. The number of β-amino-alcohol motifs (C(OH)–C–C–N with tert-alkyl or cyclic N) is 1. The van der Waals surface area contributed by atoms with E-state index < -0.39 is 18.1 Å². The second-order valence-electron chi connectivity index (χ2n) is 7.83. The third-order valence-electron chi connectivity index (χ3n) is 4.74. The normalized spacial score (nSPS) is 17.7. The number of nitrogens with two attached hydrogens (primary N) is 1. The third-order valence-corrected chi connectivity index (χ3v) is 4.74. The minimum absolute atomic E-state index is 0.0436. The lowest BCUT2D eigenvalue weighted by molar-refractivity contribution is 0.138. The molecule has 0 aliphatic heterocycles. The van der Waals surface area contributed by atoms with Gasteiger partial charge >= 0.3 is 0 Å². The molecule has 3 nitrogen and oxygen atoms in total. The Balaban J connectivity index is -0.000000664. The first-order valence-corrected chi connectivity index (χ1v) is 13.0. The summed E-state index contributed by atoms with van der Waals surface area (Å²) >= 11 is 0. The molecule has 0 aromatic carbocycles. The first kappa shape index (κ1) is 37.5. The molecule has 0 aromatic heterocycles. The van der Waals surface area contributed by atoms with Gasteiger partial charge in [0.05, 0.1) is 11.9 Å². The van der Waals surface area contributed by atoms with Gasteiger partial charge in [0.2, 0.25) is 0 Å². The van der Waals surface area contributed by atoms with E-state index >= 15 is 0 Å². The SMILES string of the molecule is C#CC1=CC(C2(NC[C@@H](O)C(N)CC(=C)C)CC2)=CCC=C1.C/C(F)=C\C(C)F.CC.CC.CC. The lowest BCUT2D eigenvalue weighted by atomic mass is 10.00. The van der Waals surface area contributed by atoms with Crippen LogP contribution < -0.4 is 11.1 Å². The van der Waals surface area contributed by atoms with Crippen LogP contribution in [0.5, 0.6) is 0 Å². The standard InChI is InChI=1S/C19H26N2O.C5H8F2.3C2H6/c1-4-15-7-5-6-8-16(12-15)19(9-10-19)21-13-18(22)17(20)11-14(2)3;1-4(6)3-5(2)7;3*1-2/h1,5,7-8,12,17-18,21-22H,2,6,9-11,13,20H2,3H3;3-4H,1-2H3;3*1-2H3/b;5-3+;;;/t17?,18-;;;;/m1..../s1. The van der Waals surface area contributed by atoms with E-state index in [2.05, 4.69) is 36.0 Å². The predicted octanol–water partition coefficient (Wildman–Crippen LogP) is 7.51. The van der Waals surface area contributed by atoms with Crippen LogP contribution in [0.25, 0.3) is 0 Å². The van der Waals surface area contributed by atoms with Gasteiger partial charge in [-0.15, -0.1) is 13.0 Å². The predicted molar refractivity (Wildman–Crippen MR) is 152 cm³/mol. The van der Waals surface area contributed by atoms with Crippen LogP contribution in [0.15, 0.2) is 59.5 Å². The zero-order chi connectivity index (χ0) is 28.0. The van der Waals surface area contributed by atoms with Crippen molar-refractivity contribution in [3.05, 3.63) is 59.5 Å². The Labute approximate surface area is 215 Å². The third kappa shape index (κ3) is 18.0. The first-order valence-electron chi connectivity index (χ1n) is 13.0. The largest absolute Gasteiger partial charge is 0.390 e. The van der Waals surface area contributed by atoms with Gasteiger partial charge in [-0.2, -0.15) is 0 Å². The summed E-state index contributed by atoms with van der Waals surface area (Å²) in [5, 5.41) is 13.7. The van der Waals surface area contributed by atoms with Gasteiger partial charge in [0, 0.05) is 23.7 Å². The molecule has 2 aliphatic carbocycles. The molecule has 4 N–H and O–H groups in total. The van der Waals surface area contributed by atoms with Gasteiger partial charge < -0.3 is 16.2 Å². The monoisotopic (exact) mass is 494 g/mol. The van der Waals surface area contributed by atoms with Crippen molar-refractivity contribution in [2.75, 3.05) is 6.54 Å². The van der Waals surface area contributed by atoms with E-state index in [-0.39, 0.29) is 11.6 Å². The molecule has 2 rings (SSSR count). The molecule has 1 saturated carbocycles.